The minimum Gasteiger partial charge on any atom is -0.497 e. The first-order chi connectivity index (χ1) is 17.9. The van der Waals surface area contributed by atoms with Gasteiger partial charge in [0.25, 0.3) is 5.56 Å². The minimum atomic E-state index is -1.09. The molecule has 3 rings (SSSR count). The lowest BCUT2D eigenvalue weighted by Crippen LogP contribution is -2.45. The summed E-state index contributed by atoms with van der Waals surface area (Å²) in [4.78, 5) is 43.2. The van der Waals surface area contributed by atoms with Gasteiger partial charge in [0.05, 0.1) is 20.1 Å². The second-order valence-corrected chi connectivity index (χ2v) is 10.00. The lowest BCUT2D eigenvalue weighted by Gasteiger charge is -2.32. The smallest absolute Gasteiger partial charge is 0.413 e. The molecule has 0 unspecified atom stereocenters. The second-order valence-electron chi connectivity index (χ2n) is 10.00. The topological polar surface area (TPSA) is 126 Å². The van der Waals surface area contributed by atoms with Gasteiger partial charge in [0.2, 0.25) is 5.91 Å². The lowest BCUT2D eigenvalue weighted by molar-refractivity contribution is -0.120. The zero-order valence-electron chi connectivity index (χ0n) is 22.7. The van der Waals surface area contributed by atoms with E-state index in [0.717, 1.165) is 22.4 Å². The standard InChI is InChI=1S/C28H35N5O5/c1-18-12-13-32(30-16-20-8-7-9-22(14-20)38-6)26(35)23(18)15-25(34)29-17-21-10-11-24(31-19(21)2)33(27(36)37)28(3,4)5/h7-14,30H,15-17H2,1-6H3,(H,29,34)(H,36,37). The molecule has 0 aliphatic rings. The maximum atomic E-state index is 13.1. The minimum absolute atomic E-state index is 0.0757. The first-order valence-corrected chi connectivity index (χ1v) is 12.2. The SMILES string of the molecule is COc1cccc(CNn2ccc(C)c(CC(=O)NCc3ccc(N(C(=O)O)C(C)(C)C)nc3C)c2=O)c1. The first kappa shape index (κ1) is 28.2. The number of nitrogens with one attached hydrogen (secondary N) is 2. The molecule has 0 atom stereocenters. The predicted molar refractivity (Wildman–Crippen MR) is 146 cm³/mol. The van der Waals surface area contributed by atoms with Crippen molar-refractivity contribution >= 4 is 17.8 Å². The molecule has 0 aliphatic carbocycles. The van der Waals surface area contributed by atoms with E-state index in [1.165, 1.54) is 9.58 Å². The third kappa shape index (κ3) is 6.90. The van der Waals surface area contributed by atoms with Crippen LogP contribution in [-0.4, -0.2) is 39.4 Å². The molecule has 10 nitrogen and oxygen atoms in total. The van der Waals surface area contributed by atoms with Crippen molar-refractivity contribution in [1.29, 1.82) is 0 Å². The predicted octanol–water partition coefficient (Wildman–Crippen LogP) is 3.75. The van der Waals surface area contributed by atoms with Crippen LogP contribution in [0.25, 0.3) is 0 Å². The highest BCUT2D eigenvalue weighted by atomic mass is 16.5. The van der Waals surface area contributed by atoms with Crippen molar-refractivity contribution in [2.75, 3.05) is 17.4 Å². The summed E-state index contributed by atoms with van der Waals surface area (Å²) in [6.07, 6.45) is 0.481. The van der Waals surface area contributed by atoms with Crippen LogP contribution < -0.4 is 25.9 Å². The van der Waals surface area contributed by atoms with E-state index in [2.05, 4.69) is 15.7 Å². The number of methoxy groups -OCH3 is 1. The van der Waals surface area contributed by atoms with Gasteiger partial charge in [0, 0.05) is 29.5 Å². The zero-order valence-corrected chi connectivity index (χ0v) is 22.7. The number of nitrogens with zero attached hydrogens (tertiary/aromatic N) is 3. The summed E-state index contributed by atoms with van der Waals surface area (Å²) in [5.41, 5.74) is 5.56. The Morgan fingerprint density at radius 1 is 1.11 bits per heavy atom. The highest BCUT2D eigenvalue weighted by Crippen LogP contribution is 2.23. The highest BCUT2D eigenvalue weighted by molar-refractivity contribution is 5.86. The average Bonchev–Trinajstić information content (AvgIpc) is 2.84. The number of hydrogen-bond donors (Lipinski definition) is 3. The van der Waals surface area contributed by atoms with Crippen LogP contribution >= 0.6 is 0 Å². The Balaban J connectivity index is 1.67. The Labute approximate surface area is 222 Å². The Hall–Kier alpha value is -4.34. The molecule has 1 aromatic carbocycles. The van der Waals surface area contributed by atoms with E-state index in [1.807, 2.05) is 24.3 Å². The van der Waals surface area contributed by atoms with E-state index in [4.69, 9.17) is 4.74 Å². The summed E-state index contributed by atoms with van der Waals surface area (Å²) >= 11 is 0. The number of carbonyl (C=O) groups excluding carboxylic acids is 1. The summed E-state index contributed by atoms with van der Waals surface area (Å²) in [5, 5.41) is 12.5. The Bertz CT molecular complexity index is 1380. The Morgan fingerprint density at radius 2 is 1.84 bits per heavy atom. The van der Waals surface area contributed by atoms with Crippen LogP contribution in [0.15, 0.2) is 53.5 Å². The van der Waals surface area contributed by atoms with E-state index in [9.17, 15) is 19.5 Å². The summed E-state index contributed by atoms with van der Waals surface area (Å²) in [5.74, 6) is 0.743. The number of hydrogen-bond acceptors (Lipinski definition) is 6. The molecule has 3 aromatic rings. The summed E-state index contributed by atoms with van der Waals surface area (Å²) in [6, 6.07) is 12.7. The van der Waals surface area contributed by atoms with Gasteiger partial charge in [-0.25, -0.2) is 14.5 Å². The molecule has 0 spiro atoms. The van der Waals surface area contributed by atoms with Gasteiger partial charge in [0.1, 0.15) is 11.6 Å². The van der Waals surface area contributed by atoms with Crippen LogP contribution in [0.5, 0.6) is 5.75 Å². The fraction of sp³-hybridized carbons (Fsp3) is 0.357. The lowest BCUT2D eigenvalue weighted by atomic mass is 10.1. The van der Waals surface area contributed by atoms with E-state index in [0.29, 0.717) is 23.6 Å². The number of pyridine rings is 2. The fourth-order valence-corrected chi connectivity index (χ4v) is 4.00. The highest BCUT2D eigenvalue weighted by Gasteiger charge is 2.29. The summed E-state index contributed by atoms with van der Waals surface area (Å²) in [7, 11) is 1.60. The monoisotopic (exact) mass is 521 g/mol. The normalized spacial score (nSPS) is 11.1. The van der Waals surface area contributed by atoms with Gasteiger partial charge in [-0.2, -0.15) is 0 Å². The number of rotatable bonds is 9. The molecule has 3 N–H and O–H groups in total. The van der Waals surface area contributed by atoms with Gasteiger partial charge in [-0.15, -0.1) is 0 Å². The number of carboxylic acid groups (broad SMARTS) is 1. The molecule has 0 radical (unpaired) electrons. The van der Waals surface area contributed by atoms with Crippen LogP contribution in [-0.2, 0) is 24.3 Å². The molecule has 0 bridgehead atoms. The third-order valence-corrected chi connectivity index (χ3v) is 6.10. The van der Waals surface area contributed by atoms with E-state index < -0.39 is 11.6 Å². The van der Waals surface area contributed by atoms with E-state index in [1.54, 1.807) is 66.1 Å². The van der Waals surface area contributed by atoms with Crippen molar-refractivity contribution in [1.82, 2.24) is 15.0 Å². The van der Waals surface area contributed by atoms with E-state index in [-0.39, 0.29) is 24.4 Å². The maximum absolute atomic E-state index is 13.1. The van der Waals surface area contributed by atoms with E-state index >= 15 is 0 Å². The molecule has 0 saturated carbocycles. The number of ether oxygens (including phenoxy) is 1. The van der Waals surface area contributed by atoms with Crippen LogP contribution in [0.1, 0.15) is 48.7 Å². The molecule has 2 heterocycles. The molecular weight excluding hydrogens is 486 g/mol. The molecule has 2 aromatic heterocycles. The zero-order chi connectivity index (χ0) is 28.0. The molecule has 2 amide bonds. The maximum Gasteiger partial charge on any atom is 0.413 e. The number of aryl methyl sites for hydroxylation is 2. The molecule has 0 aliphatic heterocycles. The van der Waals surface area contributed by atoms with Crippen molar-refractivity contribution in [2.45, 2.75) is 59.7 Å². The number of benzene rings is 1. The van der Waals surface area contributed by atoms with Crippen molar-refractivity contribution < 1.29 is 19.4 Å². The molecule has 0 fully saturated rings. The number of anilines is 1. The van der Waals surface area contributed by atoms with Crippen molar-refractivity contribution in [3.63, 3.8) is 0 Å². The number of amides is 2. The van der Waals surface area contributed by atoms with Crippen LogP contribution in [0, 0.1) is 13.8 Å². The van der Waals surface area contributed by atoms with Gasteiger partial charge in [-0.05, 0) is 75.6 Å². The second kappa shape index (κ2) is 11.8. The van der Waals surface area contributed by atoms with Gasteiger partial charge in [-0.3, -0.25) is 14.5 Å². The quantitative estimate of drug-likeness (QED) is 0.391. The first-order valence-electron chi connectivity index (χ1n) is 12.2. The molecular formula is C28H35N5O5. The summed E-state index contributed by atoms with van der Waals surface area (Å²) in [6.45, 7) is 9.55. The van der Waals surface area contributed by atoms with Gasteiger partial charge in [0.15, 0.2) is 0 Å². The molecule has 10 heteroatoms. The summed E-state index contributed by atoms with van der Waals surface area (Å²) < 4.78 is 6.62. The fourth-order valence-electron chi connectivity index (χ4n) is 4.00. The molecule has 0 saturated heterocycles. The number of carbonyl (C=O) groups is 2. The number of aromatic nitrogens is 2. The van der Waals surface area contributed by atoms with Crippen molar-refractivity contribution in [3.05, 3.63) is 87.0 Å². The van der Waals surface area contributed by atoms with Crippen molar-refractivity contribution in [3.8, 4) is 5.75 Å². The van der Waals surface area contributed by atoms with Crippen LogP contribution in [0.4, 0.5) is 10.6 Å². The van der Waals surface area contributed by atoms with Gasteiger partial charge >= 0.3 is 6.09 Å². The van der Waals surface area contributed by atoms with Gasteiger partial charge < -0.3 is 20.6 Å². The molecule has 38 heavy (non-hydrogen) atoms. The van der Waals surface area contributed by atoms with Crippen LogP contribution in [0.3, 0.4) is 0 Å². The van der Waals surface area contributed by atoms with Crippen LogP contribution in [0.2, 0.25) is 0 Å². The largest absolute Gasteiger partial charge is 0.497 e. The molecule has 202 valence electrons. The Kier molecular flexibility index (Phi) is 8.77. The van der Waals surface area contributed by atoms with Crippen molar-refractivity contribution in [2.24, 2.45) is 0 Å². The van der Waals surface area contributed by atoms with Gasteiger partial charge in [-0.1, -0.05) is 18.2 Å². The Morgan fingerprint density at radius 3 is 2.47 bits per heavy atom. The average molecular weight is 522 g/mol. The third-order valence-electron chi connectivity index (χ3n) is 6.10.